The molecule has 0 unspecified atom stereocenters. The van der Waals surface area contributed by atoms with E-state index in [0.717, 1.165) is 0 Å². The summed E-state index contributed by atoms with van der Waals surface area (Å²) < 4.78 is 40.3. The summed E-state index contributed by atoms with van der Waals surface area (Å²) in [5, 5.41) is 8.19. The van der Waals surface area contributed by atoms with E-state index in [1.807, 2.05) is 0 Å². The molecule has 4 rings (SSSR count). The second kappa shape index (κ2) is 5.22. The summed E-state index contributed by atoms with van der Waals surface area (Å²) >= 11 is 0. The van der Waals surface area contributed by atoms with Crippen LogP contribution < -0.4 is 4.90 Å². The predicted octanol–water partition coefficient (Wildman–Crippen LogP) is 2.63. The van der Waals surface area contributed by atoms with Gasteiger partial charge in [0.05, 0.1) is 5.92 Å². The van der Waals surface area contributed by atoms with Crippen LogP contribution in [-0.4, -0.2) is 39.1 Å². The van der Waals surface area contributed by atoms with Crippen molar-refractivity contribution >= 4 is 11.5 Å². The molecule has 1 saturated heterocycles. The molecule has 23 heavy (non-hydrogen) atoms. The molecular formula is C15H12F3N5. The monoisotopic (exact) mass is 319 g/mol. The van der Waals surface area contributed by atoms with Crippen molar-refractivity contribution in [2.24, 2.45) is 5.92 Å². The Morgan fingerprint density at radius 3 is 2.74 bits per heavy atom. The largest absolute Gasteiger partial charge is 0.352 e. The Hall–Kier alpha value is -2.64. The number of rotatable bonds is 3. The molecule has 8 heteroatoms. The molecule has 0 aliphatic carbocycles. The first-order chi connectivity index (χ1) is 11.1. The molecule has 1 aromatic carbocycles. The third-order valence-corrected chi connectivity index (χ3v) is 3.96. The number of hydrogen-bond donors (Lipinski definition) is 0. The molecule has 0 atom stereocenters. The fourth-order valence-electron chi connectivity index (χ4n) is 2.71. The summed E-state index contributed by atoms with van der Waals surface area (Å²) in [6, 6.07) is 6.05. The molecule has 1 aliphatic heterocycles. The van der Waals surface area contributed by atoms with Crippen LogP contribution in [0.2, 0.25) is 0 Å². The highest BCUT2D eigenvalue weighted by Crippen LogP contribution is 2.30. The van der Waals surface area contributed by atoms with Crippen molar-refractivity contribution in [2.45, 2.75) is 6.43 Å². The zero-order valence-electron chi connectivity index (χ0n) is 11.9. The van der Waals surface area contributed by atoms with Gasteiger partial charge in [-0.3, -0.25) is 4.40 Å². The van der Waals surface area contributed by atoms with Crippen molar-refractivity contribution in [2.75, 3.05) is 18.0 Å². The minimum absolute atomic E-state index is 0.243. The average molecular weight is 319 g/mol. The molecular weight excluding hydrogens is 307 g/mol. The van der Waals surface area contributed by atoms with E-state index in [-0.39, 0.29) is 18.9 Å². The molecule has 5 nitrogen and oxygen atoms in total. The maximum atomic E-state index is 13.4. The molecule has 0 N–H and O–H groups in total. The van der Waals surface area contributed by atoms with Crippen molar-refractivity contribution in [3.63, 3.8) is 0 Å². The molecule has 1 aliphatic rings. The fourth-order valence-corrected chi connectivity index (χ4v) is 2.71. The van der Waals surface area contributed by atoms with Gasteiger partial charge in [0.15, 0.2) is 11.6 Å². The first kappa shape index (κ1) is 14.0. The van der Waals surface area contributed by atoms with Gasteiger partial charge in [0.2, 0.25) is 12.1 Å². The molecule has 0 saturated carbocycles. The maximum absolute atomic E-state index is 13.4. The lowest BCUT2D eigenvalue weighted by molar-refractivity contribution is 0.0612. The number of aromatic nitrogens is 4. The summed E-state index contributed by atoms with van der Waals surface area (Å²) in [5.74, 6) is -0.00708. The van der Waals surface area contributed by atoms with Gasteiger partial charge in [-0.15, -0.1) is 10.2 Å². The molecule has 2 aromatic heterocycles. The zero-order chi connectivity index (χ0) is 16.0. The second-order valence-electron chi connectivity index (χ2n) is 5.48. The first-order valence-electron chi connectivity index (χ1n) is 7.12. The lowest BCUT2D eigenvalue weighted by atomic mass is 10.0. The third kappa shape index (κ3) is 2.30. The van der Waals surface area contributed by atoms with Crippen LogP contribution >= 0.6 is 0 Å². The molecule has 3 aromatic rings. The normalized spacial score (nSPS) is 15.4. The Bertz CT molecular complexity index is 857. The van der Waals surface area contributed by atoms with E-state index in [2.05, 4.69) is 15.2 Å². The van der Waals surface area contributed by atoms with Crippen LogP contribution in [0.1, 0.15) is 0 Å². The van der Waals surface area contributed by atoms with Crippen LogP contribution in [0, 0.1) is 11.7 Å². The van der Waals surface area contributed by atoms with Gasteiger partial charge in [0.25, 0.3) is 0 Å². The topological polar surface area (TPSA) is 46.3 Å². The Balaban J connectivity index is 1.73. The number of anilines is 1. The van der Waals surface area contributed by atoms with Crippen LogP contribution in [0.15, 0.2) is 36.7 Å². The van der Waals surface area contributed by atoms with Gasteiger partial charge >= 0.3 is 0 Å². The third-order valence-electron chi connectivity index (χ3n) is 3.96. The van der Waals surface area contributed by atoms with Crippen molar-refractivity contribution in [3.05, 3.63) is 42.5 Å². The number of nitrogens with zero attached hydrogens (tertiary/aromatic N) is 5. The van der Waals surface area contributed by atoms with Crippen molar-refractivity contribution in [1.82, 2.24) is 19.6 Å². The van der Waals surface area contributed by atoms with Crippen LogP contribution in [0.25, 0.3) is 17.0 Å². The average Bonchev–Trinajstić information content (AvgIpc) is 2.90. The number of fused-ring (bicyclic) bond motifs is 1. The van der Waals surface area contributed by atoms with Gasteiger partial charge < -0.3 is 4.90 Å². The predicted molar refractivity (Wildman–Crippen MR) is 77.9 cm³/mol. The summed E-state index contributed by atoms with van der Waals surface area (Å²) in [6.45, 7) is 0.485. The number of alkyl halides is 2. The lowest BCUT2D eigenvalue weighted by Crippen LogP contribution is -2.50. The van der Waals surface area contributed by atoms with Crippen LogP contribution in [0.4, 0.5) is 19.0 Å². The number of hydrogen-bond acceptors (Lipinski definition) is 4. The Morgan fingerprint density at radius 1 is 1.17 bits per heavy atom. The van der Waals surface area contributed by atoms with Crippen molar-refractivity contribution in [1.29, 1.82) is 0 Å². The number of halogens is 3. The van der Waals surface area contributed by atoms with E-state index in [0.29, 0.717) is 22.9 Å². The van der Waals surface area contributed by atoms with Gasteiger partial charge in [-0.1, -0.05) is 12.1 Å². The van der Waals surface area contributed by atoms with Gasteiger partial charge in [-0.2, -0.15) is 0 Å². The van der Waals surface area contributed by atoms with E-state index in [1.165, 1.54) is 12.1 Å². The molecule has 0 spiro atoms. The molecule has 118 valence electrons. The highest BCUT2D eigenvalue weighted by Gasteiger charge is 2.36. The van der Waals surface area contributed by atoms with Crippen LogP contribution in [0.5, 0.6) is 0 Å². The summed E-state index contributed by atoms with van der Waals surface area (Å²) in [5.41, 5.74) is 1.06. The highest BCUT2D eigenvalue weighted by atomic mass is 19.3. The van der Waals surface area contributed by atoms with Gasteiger partial charge in [0.1, 0.15) is 5.82 Å². The van der Waals surface area contributed by atoms with E-state index in [9.17, 15) is 13.2 Å². The van der Waals surface area contributed by atoms with Crippen LogP contribution in [0.3, 0.4) is 0 Å². The SMILES string of the molecule is Fc1cccc(-c2nnc3c(N4CC(C(F)F)C4)nccn23)c1. The van der Waals surface area contributed by atoms with Gasteiger partial charge in [-0.05, 0) is 12.1 Å². The molecule has 0 radical (unpaired) electrons. The fraction of sp³-hybridized carbons (Fsp3) is 0.267. The summed E-state index contributed by atoms with van der Waals surface area (Å²) in [4.78, 5) is 5.98. The Labute approximate surface area is 129 Å². The van der Waals surface area contributed by atoms with E-state index < -0.39 is 12.3 Å². The minimum atomic E-state index is -2.33. The summed E-state index contributed by atoms with van der Waals surface area (Å²) in [7, 11) is 0. The van der Waals surface area contributed by atoms with Gasteiger partial charge in [-0.25, -0.2) is 18.2 Å². The highest BCUT2D eigenvalue weighted by molar-refractivity contribution is 5.69. The van der Waals surface area contributed by atoms with Crippen molar-refractivity contribution in [3.8, 4) is 11.4 Å². The maximum Gasteiger partial charge on any atom is 0.244 e. The minimum Gasteiger partial charge on any atom is -0.352 e. The van der Waals surface area contributed by atoms with Crippen LogP contribution in [-0.2, 0) is 0 Å². The van der Waals surface area contributed by atoms with E-state index in [4.69, 9.17) is 0 Å². The summed E-state index contributed by atoms with van der Waals surface area (Å²) in [6.07, 6.45) is 0.903. The van der Waals surface area contributed by atoms with E-state index in [1.54, 1.807) is 33.8 Å². The van der Waals surface area contributed by atoms with E-state index >= 15 is 0 Å². The zero-order valence-corrected chi connectivity index (χ0v) is 11.9. The Morgan fingerprint density at radius 2 is 2.00 bits per heavy atom. The standard InChI is InChI=1S/C15H12F3N5/c16-11-3-1-2-9(6-11)13-20-21-15-14(19-4-5-23(13)15)22-7-10(8-22)12(17)18/h1-6,10,12H,7-8H2. The molecule has 0 bridgehead atoms. The quantitative estimate of drug-likeness (QED) is 0.744. The molecule has 1 fully saturated rings. The number of benzene rings is 1. The van der Waals surface area contributed by atoms with Crippen molar-refractivity contribution < 1.29 is 13.2 Å². The smallest absolute Gasteiger partial charge is 0.244 e. The van der Waals surface area contributed by atoms with Gasteiger partial charge in [0, 0.05) is 31.0 Å². The lowest BCUT2D eigenvalue weighted by Gasteiger charge is -2.39. The molecule has 0 amide bonds. The second-order valence-corrected chi connectivity index (χ2v) is 5.48. The molecule has 3 heterocycles. The first-order valence-corrected chi connectivity index (χ1v) is 7.12. The Kier molecular flexibility index (Phi) is 3.17.